The molecule has 0 aliphatic carbocycles. The van der Waals surface area contributed by atoms with Gasteiger partial charge in [0, 0.05) is 24.5 Å². The number of rotatable bonds is 5. The normalized spacial score (nSPS) is 11.4. The zero-order chi connectivity index (χ0) is 20.9. The lowest BCUT2D eigenvalue weighted by molar-refractivity contribution is -0.116. The first-order valence-corrected chi connectivity index (χ1v) is 9.22. The summed E-state index contributed by atoms with van der Waals surface area (Å²) in [4.78, 5) is 25.0. The van der Waals surface area contributed by atoms with Crippen LogP contribution in [0.2, 0.25) is 0 Å². The van der Waals surface area contributed by atoms with Gasteiger partial charge >= 0.3 is 0 Å². The maximum atomic E-state index is 12.4. The van der Waals surface area contributed by atoms with Crippen molar-refractivity contribution in [1.82, 2.24) is 0 Å². The van der Waals surface area contributed by atoms with Gasteiger partial charge in [-0.2, -0.15) is 13.7 Å². The third-order valence-electron chi connectivity index (χ3n) is 3.50. The fourth-order valence-electron chi connectivity index (χ4n) is 2.22. The van der Waals surface area contributed by atoms with E-state index in [1.54, 1.807) is 24.3 Å². The number of benzene rings is 2. The minimum absolute atomic E-state index is 0.0413. The van der Waals surface area contributed by atoms with Gasteiger partial charge in [0.05, 0.1) is 10.6 Å². The Hall–Kier alpha value is -3.68. The summed E-state index contributed by atoms with van der Waals surface area (Å²) in [6, 6.07) is 12.9. The molecule has 144 valence electrons. The van der Waals surface area contributed by atoms with Gasteiger partial charge in [-0.3, -0.25) is 19.0 Å². The molecule has 10 heteroatoms. The summed E-state index contributed by atoms with van der Waals surface area (Å²) in [6.45, 7) is 1.25. The van der Waals surface area contributed by atoms with Gasteiger partial charge in [0.15, 0.2) is 0 Å². The number of nitrogen functional groups attached to an aromatic ring is 1. The van der Waals surface area contributed by atoms with E-state index < -0.39 is 32.4 Å². The summed E-state index contributed by atoms with van der Waals surface area (Å²) in [5.74, 6) is -1.33. The van der Waals surface area contributed by atoms with Crippen molar-refractivity contribution in [2.24, 2.45) is 0 Å². The van der Waals surface area contributed by atoms with Crippen LogP contribution >= 0.6 is 0 Å². The second-order valence-corrected chi connectivity index (χ2v) is 7.02. The molecule has 0 aliphatic heterocycles. The molecule has 0 spiro atoms. The molecule has 28 heavy (non-hydrogen) atoms. The largest absolute Gasteiger partial charge is 0.399 e. The molecule has 0 heterocycles. The van der Waals surface area contributed by atoms with E-state index in [9.17, 15) is 23.3 Å². The Morgan fingerprint density at radius 1 is 1.21 bits per heavy atom. The minimum atomic E-state index is -4.45. The summed E-state index contributed by atoms with van der Waals surface area (Å²) in [5, 5.41) is 11.7. The summed E-state index contributed by atoms with van der Waals surface area (Å²) in [7, 11) is -4.45. The first kappa shape index (κ1) is 20.6. The van der Waals surface area contributed by atoms with Crippen molar-refractivity contribution in [2.75, 3.05) is 16.0 Å². The monoisotopic (exact) mass is 400 g/mol. The number of hydrogen-bond acceptors (Lipinski definition) is 6. The lowest BCUT2D eigenvalue weighted by atomic mass is 10.2. The van der Waals surface area contributed by atoms with Crippen molar-refractivity contribution >= 4 is 39.0 Å². The van der Waals surface area contributed by atoms with Crippen LogP contribution in [0.25, 0.3) is 0 Å². The summed E-state index contributed by atoms with van der Waals surface area (Å²) in [6.07, 6.45) is 1.05. The van der Waals surface area contributed by atoms with Crippen molar-refractivity contribution < 1.29 is 22.6 Å². The van der Waals surface area contributed by atoms with Crippen molar-refractivity contribution in [3.8, 4) is 6.07 Å². The van der Waals surface area contributed by atoms with E-state index in [1.807, 2.05) is 0 Å². The zero-order valence-electron chi connectivity index (χ0n) is 14.7. The van der Waals surface area contributed by atoms with Crippen LogP contribution < -0.4 is 16.0 Å². The van der Waals surface area contributed by atoms with Gasteiger partial charge in [0.2, 0.25) is 5.91 Å². The van der Waals surface area contributed by atoms with Crippen LogP contribution in [0.1, 0.15) is 6.92 Å². The first-order chi connectivity index (χ1) is 13.1. The van der Waals surface area contributed by atoms with Crippen LogP contribution in [-0.4, -0.2) is 24.8 Å². The van der Waals surface area contributed by atoms with Gasteiger partial charge in [-0.05, 0) is 36.4 Å². The van der Waals surface area contributed by atoms with E-state index in [0.717, 1.165) is 23.2 Å². The molecule has 0 unspecified atom stereocenters. The summed E-state index contributed by atoms with van der Waals surface area (Å²) in [5.41, 5.74) is 6.09. The van der Waals surface area contributed by atoms with Gasteiger partial charge in [-0.1, -0.05) is 12.1 Å². The molecule has 2 aromatic rings. The maximum Gasteiger partial charge on any atom is 0.294 e. The van der Waals surface area contributed by atoms with Gasteiger partial charge < -0.3 is 11.1 Å². The van der Waals surface area contributed by atoms with Crippen LogP contribution in [0.5, 0.6) is 0 Å². The predicted molar refractivity (Wildman–Crippen MR) is 103 cm³/mol. The SMILES string of the molecule is CC(=O)N(/C=C(/C#N)C(=O)Nc1cccc(S(=O)(=O)O)c1)c1cccc(N)c1. The Labute approximate surface area is 161 Å². The minimum Gasteiger partial charge on any atom is -0.399 e. The average Bonchev–Trinajstić information content (AvgIpc) is 2.61. The topological polar surface area (TPSA) is 154 Å². The molecule has 2 rings (SSSR count). The Morgan fingerprint density at radius 3 is 2.46 bits per heavy atom. The van der Waals surface area contributed by atoms with Crippen molar-refractivity contribution in [2.45, 2.75) is 11.8 Å². The highest BCUT2D eigenvalue weighted by Crippen LogP contribution is 2.20. The number of amides is 2. The molecule has 0 saturated carbocycles. The fraction of sp³-hybridized carbons (Fsp3) is 0.0556. The average molecular weight is 400 g/mol. The summed E-state index contributed by atoms with van der Waals surface area (Å²) >= 11 is 0. The Morgan fingerprint density at radius 2 is 1.89 bits per heavy atom. The molecule has 9 nitrogen and oxygen atoms in total. The number of carbonyl (C=O) groups excluding carboxylic acids is 2. The number of anilines is 3. The molecule has 2 aromatic carbocycles. The van der Waals surface area contributed by atoms with Crippen LogP contribution in [0.3, 0.4) is 0 Å². The molecular weight excluding hydrogens is 384 g/mol. The van der Waals surface area contributed by atoms with Crippen molar-refractivity contribution in [3.63, 3.8) is 0 Å². The van der Waals surface area contributed by atoms with E-state index in [0.29, 0.717) is 11.4 Å². The molecule has 0 radical (unpaired) electrons. The molecule has 0 bridgehead atoms. The molecule has 0 fully saturated rings. The van der Waals surface area contributed by atoms with Gasteiger partial charge in [-0.15, -0.1) is 0 Å². The third kappa shape index (κ3) is 5.16. The second kappa shape index (κ2) is 8.34. The van der Waals surface area contributed by atoms with E-state index in [4.69, 9.17) is 10.3 Å². The smallest absolute Gasteiger partial charge is 0.294 e. The van der Waals surface area contributed by atoms with Crippen molar-refractivity contribution in [1.29, 1.82) is 5.26 Å². The number of nitriles is 1. The Balaban J connectivity index is 2.34. The first-order valence-electron chi connectivity index (χ1n) is 7.78. The number of carbonyl (C=O) groups is 2. The molecule has 0 aliphatic rings. The van der Waals surface area contributed by atoms with E-state index in [1.165, 1.54) is 25.1 Å². The molecular formula is C18H16N4O5S. The standard InChI is InChI=1S/C18H16N4O5S/c1-12(23)22(16-6-2-4-14(20)8-16)11-13(10-19)18(24)21-15-5-3-7-17(9-15)28(25,26)27/h2-9,11H,20H2,1H3,(H,21,24)(H,25,26,27)/b13-11-. The molecule has 0 saturated heterocycles. The van der Waals surface area contributed by atoms with Gasteiger partial charge in [0.1, 0.15) is 11.6 Å². The Bertz CT molecular complexity index is 1100. The quantitative estimate of drug-likeness (QED) is 0.300. The summed E-state index contributed by atoms with van der Waals surface area (Å²) < 4.78 is 31.5. The zero-order valence-corrected chi connectivity index (χ0v) is 15.5. The van der Waals surface area contributed by atoms with Crippen LogP contribution in [-0.2, 0) is 19.7 Å². The van der Waals surface area contributed by atoms with Crippen LogP contribution in [0, 0.1) is 11.3 Å². The molecule has 0 atom stereocenters. The van der Waals surface area contributed by atoms with E-state index in [-0.39, 0.29) is 5.69 Å². The van der Waals surface area contributed by atoms with E-state index in [2.05, 4.69) is 5.32 Å². The highest BCUT2D eigenvalue weighted by molar-refractivity contribution is 7.85. The lowest BCUT2D eigenvalue weighted by Crippen LogP contribution is -2.25. The van der Waals surface area contributed by atoms with E-state index >= 15 is 0 Å². The number of hydrogen-bond donors (Lipinski definition) is 3. The van der Waals surface area contributed by atoms with Crippen LogP contribution in [0.15, 0.2) is 65.2 Å². The van der Waals surface area contributed by atoms with Crippen molar-refractivity contribution in [3.05, 3.63) is 60.3 Å². The maximum absolute atomic E-state index is 12.4. The lowest BCUT2D eigenvalue weighted by Gasteiger charge is -2.17. The van der Waals surface area contributed by atoms with Gasteiger partial charge in [0.25, 0.3) is 16.0 Å². The fourth-order valence-corrected chi connectivity index (χ4v) is 2.75. The number of nitrogens with zero attached hydrogens (tertiary/aromatic N) is 2. The highest BCUT2D eigenvalue weighted by atomic mass is 32.2. The number of nitrogens with one attached hydrogen (secondary N) is 1. The Kier molecular flexibility index (Phi) is 6.15. The molecule has 2 amide bonds. The predicted octanol–water partition coefficient (Wildman–Crippen LogP) is 1.91. The highest BCUT2D eigenvalue weighted by Gasteiger charge is 2.17. The van der Waals surface area contributed by atoms with Crippen LogP contribution in [0.4, 0.5) is 17.1 Å². The van der Waals surface area contributed by atoms with Gasteiger partial charge in [-0.25, -0.2) is 0 Å². The molecule has 4 N–H and O–H groups in total. The third-order valence-corrected chi connectivity index (χ3v) is 4.35. The second-order valence-electron chi connectivity index (χ2n) is 5.60. The number of nitrogens with two attached hydrogens (primary N) is 1. The molecule has 0 aromatic heterocycles.